The second-order valence-electron chi connectivity index (χ2n) is 3.96. The molecule has 0 saturated heterocycles. The van der Waals surface area contributed by atoms with Gasteiger partial charge in [0, 0.05) is 6.54 Å². The standard InChI is InChI=1S/C12H16N2O2/c1-3-14-8(2)12(16)13-10-6-9(7-15)4-5-11(10)14/h4-6,8,15H,3,7H2,1-2H3,(H,13,16). The van der Waals surface area contributed by atoms with Gasteiger partial charge >= 0.3 is 0 Å². The maximum Gasteiger partial charge on any atom is 0.246 e. The number of aliphatic hydroxyl groups excluding tert-OH is 1. The SMILES string of the molecule is CCN1c2ccc(CO)cc2NC(=O)C1C. The van der Waals surface area contributed by atoms with Gasteiger partial charge in [0.2, 0.25) is 5.91 Å². The van der Waals surface area contributed by atoms with Gasteiger partial charge in [-0.05, 0) is 31.5 Å². The molecule has 4 nitrogen and oxygen atoms in total. The summed E-state index contributed by atoms with van der Waals surface area (Å²) in [6, 6.07) is 5.51. The normalized spacial score (nSPS) is 19.3. The average molecular weight is 220 g/mol. The number of carbonyl (C=O) groups is 1. The molecule has 2 N–H and O–H groups in total. The van der Waals surface area contributed by atoms with Crippen LogP contribution in [0.15, 0.2) is 18.2 Å². The summed E-state index contributed by atoms with van der Waals surface area (Å²) in [5, 5.41) is 11.9. The molecule has 0 spiro atoms. The summed E-state index contributed by atoms with van der Waals surface area (Å²) in [7, 11) is 0. The molecule has 1 aromatic carbocycles. The Morgan fingerprint density at radius 1 is 1.50 bits per heavy atom. The lowest BCUT2D eigenvalue weighted by Gasteiger charge is -2.35. The van der Waals surface area contributed by atoms with E-state index in [1.54, 1.807) is 0 Å². The van der Waals surface area contributed by atoms with Crippen molar-refractivity contribution < 1.29 is 9.90 Å². The van der Waals surface area contributed by atoms with Crippen LogP contribution in [0.5, 0.6) is 0 Å². The maximum atomic E-state index is 11.7. The van der Waals surface area contributed by atoms with Gasteiger partial charge in [-0.2, -0.15) is 0 Å². The lowest BCUT2D eigenvalue weighted by molar-refractivity contribution is -0.117. The zero-order chi connectivity index (χ0) is 11.7. The molecule has 1 unspecified atom stereocenters. The van der Waals surface area contributed by atoms with E-state index in [9.17, 15) is 4.79 Å². The van der Waals surface area contributed by atoms with Crippen LogP contribution in [0.3, 0.4) is 0 Å². The number of benzene rings is 1. The predicted octanol–water partition coefficient (Wildman–Crippen LogP) is 1.35. The minimum atomic E-state index is -0.141. The number of hydrogen-bond donors (Lipinski definition) is 2. The molecule has 0 bridgehead atoms. The Morgan fingerprint density at radius 3 is 2.88 bits per heavy atom. The van der Waals surface area contributed by atoms with Crippen LogP contribution in [0.1, 0.15) is 19.4 Å². The van der Waals surface area contributed by atoms with E-state index in [2.05, 4.69) is 10.2 Å². The Kier molecular flexibility index (Phi) is 2.83. The fourth-order valence-corrected chi connectivity index (χ4v) is 2.06. The highest BCUT2D eigenvalue weighted by molar-refractivity contribution is 6.03. The van der Waals surface area contributed by atoms with E-state index >= 15 is 0 Å². The Morgan fingerprint density at radius 2 is 2.25 bits per heavy atom. The third-order valence-corrected chi connectivity index (χ3v) is 3.00. The summed E-state index contributed by atoms with van der Waals surface area (Å²) >= 11 is 0. The van der Waals surface area contributed by atoms with Crippen molar-refractivity contribution in [1.82, 2.24) is 0 Å². The number of hydrogen-bond acceptors (Lipinski definition) is 3. The summed E-state index contributed by atoms with van der Waals surface area (Å²) in [5.74, 6) is 0.00411. The molecule has 0 saturated carbocycles. The molecule has 16 heavy (non-hydrogen) atoms. The quantitative estimate of drug-likeness (QED) is 0.791. The van der Waals surface area contributed by atoms with Gasteiger partial charge in [0.15, 0.2) is 0 Å². The number of nitrogens with one attached hydrogen (secondary N) is 1. The lowest BCUT2D eigenvalue weighted by Crippen LogP contribution is -2.46. The summed E-state index contributed by atoms with van der Waals surface area (Å²) < 4.78 is 0. The van der Waals surface area contributed by atoms with Gasteiger partial charge in [0.05, 0.1) is 18.0 Å². The molecule has 1 aliphatic rings. The van der Waals surface area contributed by atoms with Gasteiger partial charge in [-0.15, -0.1) is 0 Å². The van der Waals surface area contributed by atoms with Crippen LogP contribution in [-0.2, 0) is 11.4 Å². The van der Waals surface area contributed by atoms with E-state index in [1.165, 1.54) is 0 Å². The average Bonchev–Trinajstić information content (AvgIpc) is 2.30. The van der Waals surface area contributed by atoms with Crippen LogP contribution in [0.2, 0.25) is 0 Å². The van der Waals surface area contributed by atoms with E-state index in [0.717, 1.165) is 23.5 Å². The highest BCUT2D eigenvalue weighted by atomic mass is 16.3. The molecule has 1 aliphatic heterocycles. The first-order chi connectivity index (χ1) is 7.67. The number of carbonyl (C=O) groups excluding carboxylic acids is 1. The van der Waals surface area contributed by atoms with Crippen molar-refractivity contribution in [3.8, 4) is 0 Å². The second-order valence-corrected chi connectivity index (χ2v) is 3.96. The molecule has 0 fully saturated rings. The number of aliphatic hydroxyl groups is 1. The van der Waals surface area contributed by atoms with Gasteiger partial charge in [-0.1, -0.05) is 6.07 Å². The largest absolute Gasteiger partial charge is 0.392 e. The van der Waals surface area contributed by atoms with E-state index in [0.29, 0.717) is 0 Å². The van der Waals surface area contributed by atoms with E-state index in [1.807, 2.05) is 32.0 Å². The molecule has 1 atom stereocenters. The highest BCUT2D eigenvalue weighted by Gasteiger charge is 2.28. The van der Waals surface area contributed by atoms with Crippen LogP contribution >= 0.6 is 0 Å². The number of likely N-dealkylation sites (N-methyl/N-ethyl adjacent to an activating group) is 1. The van der Waals surface area contributed by atoms with Crippen molar-refractivity contribution in [3.05, 3.63) is 23.8 Å². The zero-order valence-corrected chi connectivity index (χ0v) is 9.53. The maximum absolute atomic E-state index is 11.7. The summed E-state index contributed by atoms with van der Waals surface area (Å²) in [6.07, 6.45) is 0. The molecule has 4 heteroatoms. The van der Waals surface area contributed by atoms with Crippen LogP contribution < -0.4 is 10.2 Å². The minimum Gasteiger partial charge on any atom is -0.392 e. The molecule has 1 amide bonds. The van der Waals surface area contributed by atoms with Gasteiger partial charge in [0.1, 0.15) is 6.04 Å². The van der Waals surface area contributed by atoms with Gasteiger partial charge in [-0.3, -0.25) is 4.79 Å². The molecule has 0 aromatic heterocycles. The number of rotatable bonds is 2. The molecule has 86 valence electrons. The van der Waals surface area contributed by atoms with Gasteiger partial charge < -0.3 is 15.3 Å². The highest BCUT2D eigenvalue weighted by Crippen LogP contribution is 2.32. The minimum absolute atomic E-state index is 0.00411. The van der Waals surface area contributed by atoms with Gasteiger partial charge in [-0.25, -0.2) is 0 Å². The first kappa shape index (κ1) is 11.0. The monoisotopic (exact) mass is 220 g/mol. The van der Waals surface area contributed by atoms with Gasteiger partial charge in [0.25, 0.3) is 0 Å². The van der Waals surface area contributed by atoms with Crippen molar-refractivity contribution in [2.45, 2.75) is 26.5 Å². The molecule has 1 heterocycles. The molecule has 1 aromatic rings. The third kappa shape index (κ3) is 1.65. The Labute approximate surface area is 94.9 Å². The molecular weight excluding hydrogens is 204 g/mol. The Balaban J connectivity index is 2.46. The van der Waals surface area contributed by atoms with Crippen molar-refractivity contribution in [2.24, 2.45) is 0 Å². The third-order valence-electron chi connectivity index (χ3n) is 3.00. The van der Waals surface area contributed by atoms with Crippen LogP contribution in [0.25, 0.3) is 0 Å². The Hall–Kier alpha value is -1.55. The van der Waals surface area contributed by atoms with Crippen LogP contribution in [-0.4, -0.2) is 23.6 Å². The van der Waals surface area contributed by atoms with Crippen molar-refractivity contribution in [1.29, 1.82) is 0 Å². The summed E-state index contributed by atoms with van der Waals surface area (Å²) in [6.45, 7) is 4.70. The lowest BCUT2D eigenvalue weighted by atomic mass is 10.1. The molecule has 0 aliphatic carbocycles. The molecule has 0 radical (unpaired) electrons. The first-order valence-corrected chi connectivity index (χ1v) is 5.48. The zero-order valence-electron chi connectivity index (χ0n) is 9.53. The van der Waals surface area contributed by atoms with Crippen molar-refractivity contribution in [2.75, 3.05) is 16.8 Å². The first-order valence-electron chi connectivity index (χ1n) is 5.48. The van der Waals surface area contributed by atoms with Crippen molar-refractivity contribution >= 4 is 17.3 Å². The summed E-state index contributed by atoms with van der Waals surface area (Å²) in [5.41, 5.74) is 2.62. The Bertz CT molecular complexity index is 417. The van der Waals surface area contributed by atoms with Crippen molar-refractivity contribution in [3.63, 3.8) is 0 Å². The van der Waals surface area contributed by atoms with E-state index in [4.69, 9.17) is 5.11 Å². The smallest absolute Gasteiger partial charge is 0.246 e. The van der Waals surface area contributed by atoms with Crippen LogP contribution in [0, 0.1) is 0 Å². The number of fused-ring (bicyclic) bond motifs is 1. The number of amides is 1. The van der Waals surface area contributed by atoms with E-state index < -0.39 is 0 Å². The topological polar surface area (TPSA) is 52.6 Å². The predicted molar refractivity (Wildman–Crippen MR) is 63.5 cm³/mol. The second kappa shape index (κ2) is 4.14. The van der Waals surface area contributed by atoms with Crippen LogP contribution in [0.4, 0.5) is 11.4 Å². The summed E-state index contributed by atoms with van der Waals surface area (Å²) in [4.78, 5) is 13.8. The fraction of sp³-hybridized carbons (Fsp3) is 0.417. The molecule has 2 rings (SSSR count). The number of nitrogens with zero attached hydrogens (tertiary/aromatic N) is 1. The number of anilines is 2. The fourth-order valence-electron chi connectivity index (χ4n) is 2.06. The molecular formula is C12H16N2O2. The van der Waals surface area contributed by atoms with E-state index in [-0.39, 0.29) is 18.6 Å².